The van der Waals surface area contributed by atoms with E-state index in [9.17, 15) is 9.59 Å². The molecule has 0 fully saturated rings. The summed E-state index contributed by atoms with van der Waals surface area (Å²) < 4.78 is 17.0. The van der Waals surface area contributed by atoms with E-state index in [0.29, 0.717) is 5.89 Å². The standard InChI is InChI=1S/C15H13ClN2O6/c1-7(14(19)20)18-10-5-9(16)11(6-12(10)24-15(18)21)23-8(2)13-17-3-4-22-13/h3-8H,1-2H3,(H,19,20). The molecule has 0 spiro atoms. The zero-order valence-electron chi connectivity index (χ0n) is 12.7. The number of fused-ring (bicyclic) bond motifs is 1. The monoisotopic (exact) mass is 352 g/mol. The van der Waals surface area contributed by atoms with Gasteiger partial charge in [0.25, 0.3) is 0 Å². The summed E-state index contributed by atoms with van der Waals surface area (Å²) >= 11 is 6.19. The molecule has 126 valence electrons. The van der Waals surface area contributed by atoms with Crippen molar-refractivity contribution in [1.82, 2.24) is 9.55 Å². The van der Waals surface area contributed by atoms with Crippen LogP contribution in [0.2, 0.25) is 5.02 Å². The van der Waals surface area contributed by atoms with Gasteiger partial charge in [-0.15, -0.1) is 0 Å². The minimum atomic E-state index is -1.16. The summed E-state index contributed by atoms with van der Waals surface area (Å²) in [6, 6.07) is 1.77. The van der Waals surface area contributed by atoms with Crippen molar-refractivity contribution < 1.29 is 23.5 Å². The van der Waals surface area contributed by atoms with Crippen molar-refractivity contribution in [2.24, 2.45) is 0 Å². The lowest BCUT2D eigenvalue weighted by Gasteiger charge is -2.13. The molecule has 2 unspecified atom stereocenters. The van der Waals surface area contributed by atoms with Gasteiger partial charge in [-0.2, -0.15) is 0 Å². The summed E-state index contributed by atoms with van der Waals surface area (Å²) in [5.74, 6) is -1.31. The molecule has 0 aliphatic carbocycles. The lowest BCUT2D eigenvalue weighted by atomic mass is 10.2. The minimum Gasteiger partial charge on any atom is -0.480 e. The Morgan fingerprint density at radius 2 is 2.17 bits per heavy atom. The number of carboxylic acids is 1. The first-order valence-electron chi connectivity index (χ1n) is 7.02. The Morgan fingerprint density at radius 3 is 2.79 bits per heavy atom. The van der Waals surface area contributed by atoms with E-state index in [2.05, 4.69) is 4.98 Å². The van der Waals surface area contributed by atoms with E-state index >= 15 is 0 Å². The van der Waals surface area contributed by atoms with E-state index in [0.717, 1.165) is 4.57 Å². The first kappa shape index (κ1) is 16.1. The first-order chi connectivity index (χ1) is 11.4. The summed E-state index contributed by atoms with van der Waals surface area (Å²) in [7, 11) is 0. The molecule has 9 heteroatoms. The molecule has 8 nitrogen and oxygen atoms in total. The summed E-state index contributed by atoms with van der Waals surface area (Å²) in [6.45, 7) is 3.10. The zero-order valence-corrected chi connectivity index (χ0v) is 13.5. The van der Waals surface area contributed by atoms with Crippen LogP contribution in [0.1, 0.15) is 31.9 Å². The Labute approximate surface area is 140 Å². The van der Waals surface area contributed by atoms with Gasteiger partial charge in [-0.05, 0) is 19.9 Å². The number of aliphatic carboxylic acids is 1. The maximum Gasteiger partial charge on any atom is 0.420 e. The average molecular weight is 353 g/mol. The number of halogens is 1. The molecule has 0 saturated carbocycles. The molecule has 2 heterocycles. The number of hydrogen-bond acceptors (Lipinski definition) is 6. The second kappa shape index (κ2) is 6.04. The van der Waals surface area contributed by atoms with E-state index in [1.165, 1.54) is 31.5 Å². The lowest BCUT2D eigenvalue weighted by Crippen LogP contribution is -2.24. The summed E-state index contributed by atoms with van der Waals surface area (Å²) in [4.78, 5) is 27.1. The van der Waals surface area contributed by atoms with Crippen LogP contribution >= 0.6 is 11.6 Å². The Kier molecular flexibility index (Phi) is 4.06. The van der Waals surface area contributed by atoms with Gasteiger partial charge in [0.05, 0.1) is 16.7 Å². The van der Waals surface area contributed by atoms with Gasteiger partial charge in [-0.3, -0.25) is 4.57 Å². The number of nitrogens with zero attached hydrogens (tertiary/aromatic N) is 2. The van der Waals surface area contributed by atoms with Crippen LogP contribution in [0.5, 0.6) is 5.75 Å². The van der Waals surface area contributed by atoms with E-state index < -0.39 is 23.9 Å². The molecule has 1 aromatic carbocycles. The third-order valence-electron chi connectivity index (χ3n) is 3.51. The molecule has 0 saturated heterocycles. The molecule has 24 heavy (non-hydrogen) atoms. The molecule has 0 amide bonds. The van der Waals surface area contributed by atoms with Crippen LogP contribution < -0.4 is 10.5 Å². The quantitative estimate of drug-likeness (QED) is 0.751. The lowest BCUT2D eigenvalue weighted by molar-refractivity contribution is -0.140. The second-order valence-corrected chi connectivity index (χ2v) is 5.54. The fourth-order valence-corrected chi connectivity index (χ4v) is 2.48. The number of carboxylic acid groups (broad SMARTS) is 1. The number of carbonyl (C=O) groups is 1. The van der Waals surface area contributed by atoms with Crippen molar-refractivity contribution in [3.63, 3.8) is 0 Å². The van der Waals surface area contributed by atoms with Crippen molar-refractivity contribution in [2.75, 3.05) is 0 Å². The molecular weight excluding hydrogens is 340 g/mol. The van der Waals surface area contributed by atoms with Crippen LogP contribution in [0.25, 0.3) is 11.1 Å². The van der Waals surface area contributed by atoms with Crippen molar-refractivity contribution in [3.8, 4) is 5.75 Å². The Hall–Kier alpha value is -2.74. The number of hydrogen-bond donors (Lipinski definition) is 1. The van der Waals surface area contributed by atoms with Crippen molar-refractivity contribution >= 4 is 28.7 Å². The van der Waals surface area contributed by atoms with Crippen molar-refractivity contribution in [2.45, 2.75) is 26.0 Å². The van der Waals surface area contributed by atoms with Gasteiger partial charge in [0.15, 0.2) is 11.7 Å². The number of ether oxygens (including phenoxy) is 1. The summed E-state index contributed by atoms with van der Waals surface area (Å²) in [5, 5.41) is 9.31. The van der Waals surface area contributed by atoms with Gasteiger partial charge >= 0.3 is 11.7 Å². The smallest absolute Gasteiger partial charge is 0.420 e. The van der Waals surface area contributed by atoms with E-state index in [-0.39, 0.29) is 21.9 Å². The van der Waals surface area contributed by atoms with Gasteiger partial charge in [-0.1, -0.05) is 11.6 Å². The van der Waals surface area contributed by atoms with Crippen LogP contribution in [0.4, 0.5) is 0 Å². The average Bonchev–Trinajstić information content (AvgIpc) is 3.14. The number of oxazole rings is 2. The van der Waals surface area contributed by atoms with Crippen LogP contribution in [-0.4, -0.2) is 20.6 Å². The normalized spacial score (nSPS) is 13.8. The zero-order chi connectivity index (χ0) is 17.4. The summed E-state index contributed by atoms with van der Waals surface area (Å²) in [5.41, 5.74) is 0.447. The van der Waals surface area contributed by atoms with Crippen LogP contribution in [0.3, 0.4) is 0 Å². The molecule has 0 aliphatic heterocycles. The maximum absolute atomic E-state index is 11.9. The topological polar surface area (TPSA) is 108 Å². The Bertz CT molecular complexity index is 943. The SMILES string of the molecule is CC(Oc1cc2oc(=O)n(C(C)C(=O)O)c2cc1Cl)c1ncco1. The predicted octanol–water partition coefficient (Wildman–Crippen LogP) is 3.02. The van der Waals surface area contributed by atoms with Gasteiger partial charge < -0.3 is 18.7 Å². The Morgan fingerprint density at radius 1 is 1.42 bits per heavy atom. The minimum absolute atomic E-state index is 0.173. The molecule has 2 atom stereocenters. The highest BCUT2D eigenvalue weighted by Gasteiger charge is 2.23. The second-order valence-electron chi connectivity index (χ2n) is 5.13. The molecule has 0 bridgehead atoms. The number of aromatic nitrogens is 2. The summed E-state index contributed by atoms with van der Waals surface area (Å²) in [6.07, 6.45) is 2.40. The van der Waals surface area contributed by atoms with Crippen molar-refractivity contribution in [3.05, 3.63) is 46.1 Å². The van der Waals surface area contributed by atoms with Gasteiger partial charge in [0.1, 0.15) is 18.1 Å². The van der Waals surface area contributed by atoms with Crippen molar-refractivity contribution in [1.29, 1.82) is 0 Å². The third kappa shape index (κ3) is 2.76. The number of benzene rings is 1. The maximum atomic E-state index is 11.9. The van der Waals surface area contributed by atoms with Gasteiger partial charge in [0, 0.05) is 6.07 Å². The van der Waals surface area contributed by atoms with E-state index in [1.54, 1.807) is 6.92 Å². The molecule has 0 radical (unpaired) electrons. The van der Waals surface area contributed by atoms with Gasteiger partial charge in [0.2, 0.25) is 5.89 Å². The van der Waals surface area contributed by atoms with E-state index in [1.807, 2.05) is 0 Å². The van der Waals surface area contributed by atoms with Crippen LogP contribution in [-0.2, 0) is 4.79 Å². The van der Waals surface area contributed by atoms with Crippen LogP contribution in [0, 0.1) is 0 Å². The molecule has 3 rings (SSSR count). The highest BCUT2D eigenvalue weighted by Crippen LogP contribution is 2.33. The predicted molar refractivity (Wildman–Crippen MR) is 83.4 cm³/mol. The fraction of sp³-hybridized carbons (Fsp3) is 0.267. The molecule has 2 aromatic heterocycles. The third-order valence-corrected chi connectivity index (χ3v) is 3.81. The largest absolute Gasteiger partial charge is 0.480 e. The highest BCUT2D eigenvalue weighted by molar-refractivity contribution is 6.32. The highest BCUT2D eigenvalue weighted by atomic mass is 35.5. The Balaban J connectivity index is 2.02. The molecular formula is C15H13ClN2O6. The fourth-order valence-electron chi connectivity index (χ4n) is 2.28. The van der Waals surface area contributed by atoms with Gasteiger partial charge in [-0.25, -0.2) is 14.6 Å². The first-order valence-corrected chi connectivity index (χ1v) is 7.39. The van der Waals surface area contributed by atoms with E-state index in [4.69, 9.17) is 30.3 Å². The molecule has 0 aliphatic rings. The number of rotatable bonds is 5. The molecule has 3 aromatic rings. The molecule has 1 N–H and O–H groups in total. The van der Waals surface area contributed by atoms with Crippen LogP contribution in [0.15, 0.2) is 38.2 Å².